The summed E-state index contributed by atoms with van der Waals surface area (Å²) in [6, 6.07) is 19.4. The van der Waals surface area contributed by atoms with Gasteiger partial charge in [-0.05, 0) is 42.0 Å². The van der Waals surface area contributed by atoms with Gasteiger partial charge in [-0.1, -0.05) is 30.3 Å². The molecular weight excluding hydrogens is 408 g/mol. The number of hydrogen-bond acceptors (Lipinski definition) is 6. The number of carbonyl (C=O) groups is 2. The number of amides is 1. The monoisotopic (exact) mass is 430 g/mol. The van der Waals surface area contributed by atoms with E-state index in [1.54, 1.807) is 37.6 Å². The number of rotatable bonds is 7. The molecule has 0 bridgehead atoms. The first-order valence-electron chi connectivity index (χ1n) is 10.0. The minimum absolute atomic E-state index is 0.104. The van der Waals surface area contributed by atoms with Crippen molar-refractivity contribution in [3.63, 3.8) is 0 Å². The second-order valence-electron chi connectivity index (χ2n) is 7.18. The van der Waals surface area contributed by atoms with Gasteiger partial charge in [-0.3, -0.25) is 9.78 Å². The van der Waals surface area contributed by atoms with E-state index < -0.39 is 17.9 Å². The molecule has 0 aliphatic heterocycles. The molecule has 1 N–H and O–H groups in total. The molecule has 4 aromatic rings. The first kappa shape index (κ1) is 21.1. The molecule has 4 rings (SSSR count). The lowest BCUT2D eigenvalue weighted by atomic mass is 10.0. The van der Waals surface area contributed by atoms with Gasteiger partial charge in [0, 0.05) is 23.6 Å². The van der Waals surface area contributed by atoms with Crippen molar-refractivity contribution in [3.05, 3.63) is 84.3 Å². The Labute approximate surface area is 185 Å². The molecule has 2 aromatic carbocycles. The fourth-order valence-electron chi connectivity index (χ4n) is 3.41. The lowest BCUT2D eigenvalue weighted by molar-refractivity contribution is -0.142. The number of hydrogen-bond donors (Lipinski definition) is 1. The highest BCUT2D eigenvalue weighted by atomic mass is 16.5. The van der Waals surface area contributed by atoms with Crippen molar-refractivity contribution in [2.75, 3.05) is 14.2 Å². The molecule has 0 unspecified atom stereocenters. The summed E-state index contributed by atoms with van der Waals surface area (Å²) >= 11 is 0. The second-order valence-corrected chi connectivity index (χ2v) is 7.18. The van der Waals surface area contributed by atoms with E-state index in [-0.39, 0.29) is 12.2 Å². The smallest absolute Gasteiger partial charge is 0.328 e. The van der Waals surface area contributed by atoms with Crippen molar-refractivity contribution >= 4 is 22.8 Å². The summed E-state index contributed by atoms with van der Waals surface area (Å²) in [6.07, 6.45) is 2.01. The second kappa shape index (κ2) is 9.34. The Kier molecular flexibility index (Phi) is 6.17. The van der Waals surface area contributed by atoms with Crippen molar-refractivity contribution in [2.24, 2.45) is 0 Å². The molecule has 7 heteroatoms. The molecule has 0 spiro atoms. The number of nitrogens with one attached hydrogen (secondary N) is 1. The zero-order valence-corrected chi connectivity index (χ0v) is 17.7. The molecular formula is C25H22N2O5. The number of methoxy groups -OCH3 is 2. The quantitative estimate of drug-likeness (QED) is 0.446. The Morgan fingerprint density at radius 2 is 1.84 bits per heavy atom. The highest BCUT2D eigenvalue weighted by molar-refractivity contribution is 5.98. The molecule has 0 fully saturated rings. The van der Waals surface area contributed by atoms with Crippen LogP contribution in [0.15, 0.2) is 77.3 Å². The van der Waals surface area contributed by atoms with Gasteiger partial charge < -0.3 is 19.2 Å². The number of pyridine rings is 1. The zero-order valence-electron chi connectivity index (χ0n) is 17.7. The van der Waals surface area contributed by atoms with E-state index in [1.807, 2.05) is 42.5 Å². The number of ether oxygens (including phenoxy) is 2. The molecule has 7 nitrogen and oxygen atoms in total. The molecule has 32 heavy (non-hydrogen) atoms. The molecule has 162 valence electrons. The number of carbonyl (C=O) groups excluding carboxylic acids is 2. The summed E-state index contributed by atoms with van der Waals surface area (Å²) in [7, 11) is 2.86. The molecule has 0 aliphatic carbocycles. The third kappa shape index (κ3) is 4.62. The lowest BCUT2D eigenvalue weighted by Crippen LogP contribution is -2.43. The maximum absolute atomic E-state index is 12.8. The molecule has 0 aliphatic rings. The van der Waals surface area contributed by atoms with Crippen LogP contribution >= 0.6 is 0 Å². The van der Waals surface area contributed by atoms with Crippen molar-refractivity contribution in [1.82, 2.24) is 10.3 Å². The average Bonchev–Trinajstić information content (AvgIpc) is 3.27. The van der Waals surface area contributed by atoms with Gasteiger partial charge in [-0.15, -0.1) is 0 Å². The number of nitrogens with zero attached hydrogens (tertiary/aromatic N) is 1. The molecule has 1 atom stereocenters. The van der Waals surface area contributed by atoms with Gasteiger partial charge in [-0.2, -0.15) is 0 Å². The maximum atomic E-state index is 12.8. The van der Waals surface area contributed by atoms with Crippen LogP contribution in [-0.2, 0) is 16.0 Å². The Balaban J connectivity index is 1.50. The standard InChI is InChI=1S/C25H22N2O5/c1-30-19-10-11-22-18(14-19)15-23(32-22)24(28)27-21(25(29)31-2)13-16-6-8-17(9-7-16)20-5-3-4-12-26-20/h3-12,14-15,21H,13H2,1-2H3,(H,27,28)/t21-/m0/s1. The van der Waals surface area contributed by atoms with E-state index in [9.17, 15) is 9.59 Å². The number of fused-ring (bicyclic) bond motifs is 1. The Bertz CT molecular complexity index is 1230. The Morgan fingerprint density at radius 1 is 1.03 bits per heavy atom. The normalized spacial score (nSPS) is 11.7. The van der Waals surface area contributed by atoms with Crippen LogP contribution in [-0.4, -0.2) is 37.1 Å². The zero-order chi connectivity index (χ0) is 22.5. The minimum atomic E-state index is -0.865. The lowest BCUT2D eigenvalue weighted by Gasteiger charge is -2.16. The summed E-state index contributed by atoms with van der Waals surface area (Å²) in [4.78, 5) is 29.4. The van der Waals surface area contributed by atoms with E-state index in [4.69, 9.17) is 13.9 Å². The highest BCUT2D eigenvalue weighted by Gasteiger charge is 2.24. The first-order chi connectivity index (χ1) is 15.6. The van der Waals surface area contributed by atoms with Crippen LogP contribution in [0.4, 0.5) is 0 Å². The molecule has 0 saturated carbocycles. The molecule has 1 amide bonds. The van der Waals surface area contributed by atoms with Crippen molar-refractivity contribution in [1.29, 1.82) is 0 Å². The summed E-state index contributed by atoms with van der Waals surface area (Å²) < 4.78 is 15.7. The summed E-state index contributed by atoms with van der Waals surface area (Å²) in [5, 5.41) is 3.45. The van der Waals surface area contributed by atoms with Crippen LogP contribution in [0, 0.1) is 0 Å². The van der Waals surface area contributed by atoms with E-state index >= 15 is 0 Å². The molecule has 2 aromatic heterocycles. The van der Waals surface area contributed by atoms with Gasteiger partial charge in [0.2, 0.25) is 0 Å². The van der Waals surface area contributed by atoms with Gasteiger partial charge in [0.15, 0.2) is 5.76 Å². The Hall–Kier alpha value is -4.13. The number of furan rings is 1. The van der Waals surface area contributed by atoms with Crippen molar-refractivity contribution in [3.8, 4) is 17.0 Å². The van der Waals surface area contributed by atoms with Gasteiger partial charge >= 0.3 is 5.97 Å². The third-order valence-corrected chi connectivity index (χ3v) is 5.09. The van der Waals surface area contributed by atoms with Crippen molar-refractivity contribution < 1.29 is 23.5 Å². The van der Waals surface area contributed by atoms with Crippen LogP contribution in [0.2, 0.25) is 0 Å². The average molecular weight is 430 g/mol. The minimum Gasteiger partial charge on any atom is -0.497 e. The number of benzene rings is 2. The van der Waals surface area contributed by atoms with Gasteiger partial charge in [0.1, 0.15) is 17.4 Å². The van der Waals surface area contributed by atoms with Crippen LogP contribution in [0.5, 0.6) is 5.75 Å². The van der Waals surface area contributed by atoms with E-state index in [2.05, 4.69) is 10.3 Å². The van der Waals surface area contributed by atoms with Crippen LogP contribution in [0.1, 0.15) is 16.1 Å². The van der Waals surface area contributed by atoms with Gasteiger partial charge in [-0.25, -0.2) is 4.79 Å². The summed E-state index contributed by atoms with van der Waals surface area (Å²) in [6.45, 7) is 0. The highest BCUT2D eigenvalue weighted by Crippen LogP contribution is 2.24. The summed E-state index contributed by atoms with van der Waals surface area (Å²) in [5.41, 5.74) is 3.24. The summed E-state index contributed by atoms with van der Waals surface area (Å²) in [5.74, 6) is -0.273. The van der Waals surface area contributed by atoms with E-state index in [0.717, 1.165) is 22.2 Å². The maximum Gasteiger partial charge on any atom is 0.328 e. The fourth-order valence-corrected chi connectivity index (χ4v) is 3.41. The van der Waals surface area contributed by atoms with Crippen LogP contribution in [0.25, 0.3) is 22.2 Å². The number of esters is 1. The molecule has 2 heterocycles. The topological polar surface area (TPSA) is 90.7 Å². The molecule has 0 saturated heterocycles. The predicted octanol–water partition coefficient (Wildman–Crippen LogP) is 4.02. The number of aromatic nitrogens is 1. The SMILES string of the molecule is COC(=O)[C@H](Cc1ccc(-c2ccccn2)cc1)NC(=O)c1cc2cc(OC)ccc2o1. The van der Waals surface area contributed by atoms with Crippen LogP contribution < -0.4 is 10.1 Å². The largest absolute Gasteiger partial charge is 0.497 e. The van der Waals surface area contributed by atoms with Gasteiger partial charge in [0.05, 0.1) is 19.9 Å². The van der Waals surface area contributed by atoms with Crippen molar-refractivity contribution in [2.45, 2.75) is 12.5 Å². The third-order valence-electron chi connectivity index (χ3n) is 5.09. The van der Waals surface area contributed by atoms with Gasteiger partial charge in [0.25, 0.3) is 5.91 Å². The first-order valence-corrected chi connectivity index (χ1v) is 10.0. The van der Waals surface area contributed by atoms with E-state index in [0.29, 0.717) is 11.3 Å². The van der Waals surface area contributed by atoms with E-state index in [1.165, 1.54) is 7.11 Å². The fraction of sp³-hybridized carbons (Fsp3) is 0.160. The predicted molar refractivity (Wildman–Crippen MR) is 119 cm³/mol. The molecule has 0 radical (unpaired) electrons. The van der Waals surface area contributed by atoms with Crippen LogP contribution in [0.3, 0.4) is 0 Å². The Morgan fingerprint density at radius 3 is 2.53 bits per heavy atom.